The van der Waals surface area contributed by atoms with Crippen molar-refractivity contribution in [3.63, 3.8) is 0 Å². The van der Waals surface area contributed by atoms with E-state index >= 15 is 0 Å². The van der Waals surface area contributed by atoms with Gasteiger partial charge in [0.1, 0.15) is 21.5 Å². The van der Waals surface area contributed by atoms with E-state index in [9.17, 15) is 22.0 Å². The minimum Gasteiger partial charge on any atom is -0.491 e. The van der Waals surface area contributed by atoms with Crippen molar-refractivity contribution in [1.29, 1.82) is 0 Å². The highest BCUT2D eigenvalue weighted by atomic mass is 32.2. The number of pyridine rings is 2. The van der Waals surface area contributed by atoms with Gasteiger partial charge >= 0.3 is 5.69 Å². The maximum absolute atomic E-state index is 14.3. The number of nitrogens with one attached hydrogen (secondary N) is 1. The van der Waals surface area contributed by atoms with Gasteiger partial charge in [0.05, 0.1) is 42.3 Å². The van der Waals surface area contributed by atoms with Gasteiger partial charge in [0.25, 0.3) is 5.88 Å². The smallest absolute Gasteiger partial charge is 0.328 e. The molecule has 0 radical (unpaired) electrons. The highest BCUT2D eigenvalue weighted by molar-refractivity contribution is 7.90. The van der Waals surface area contributed by atoms with Crippen LogP contribution >= 0.6 is 0 Å². The van der Waals surface area contributed by atoms with E-state index in [4.69, 9.17) is 9.47 Å². The lowest BCUT2D eigenvalue weighted by atomic mass is 10.1. The zero-order chi connectivity index (χ0) is 25.3. The first-order chi connectivity index (χ1) is 16.6. The molecule has 0 bridgehead atoms. The van der Waals surface area contributed by atoms with Crippen LogP contribution in [0, 0.1) is 11.6 Å². The van der Waals surface area contributed by atoms with Crippen LogP contribution < -0.4 is 15.2 Å². The molecule has 1 N–H and O–H groups in total. The number of H-pyrrole nitrogens is 1. The third-order valence-corrected chi connectivity index (χ3v) is 6.19. The molecule has 1 aromatic carbocycles. The highest BCUT2D eigenvalue weighted by Crippen LogP contribution is 2.31. The van der Waals surface area contributed by atoms with Crippen LogP contribution in [0.15, 0.2) is 47.4 Å². The number of hydrogen-bond donors (Lipinski definition) is 1. The zero-order valence-electron chi connectivity index (χ0n) is 19.1. The van der Waals surface area contributed by atoms with Crippen LogP contribution in [0.25, 0.3) is 22.3 Å². The predicted octanol–water partition coefficient (Wildman–Crippen LogP) is 3.11. The van der Waals surface area contributed by atoms with Crippen LogP contribution in [-0.2, 0) is 9.84 Å². The molecule has 0 amide bonds. The van der Waals surface area contributed by atoms with E-state index < -0.39 is 39.0 Å². The quantitative estimate of drug-likeness (QED) is 0.392. The van der Waals surface area contributed by atoms with Crippen LogP contribution in [-0.4, -0.2) is 53.7 Å². The van der Waals surface area contributed by atoms with E-state index in [-0.39, 0.29) is 40.5 Å². The van der Waals surface area contributed by atoms with Crippen molar-refractivity contribution >= 4 is 21.0 Å². The van der Waals surface area contributed by atoms with E-state index in [1.807, 2.05) is 0 Å². The summed E-state index contributed by atoms with van der Waals surface area (Å²) in [4.78, 5) is 24.2. The van der Waals surface area contributed by atoms with Crippen molar-refractivity contribution in [2.75, 3.05) is 25.7 Å². The minimum absolute atomic E-state index is 0.0970. The number of aromatic nitrogens is 4. The van der Waals surface area contributed by atoms with Crippen LogP contribution in [0.5, 0.6) is 11.6 Å². The molecule has 3 heterocycles. The van der Waals surface area contributed by atoms with Gasteiger partial charge in [-0.25, -0.2) is 32.0 Å². The lowest BCUT2D eigenvalue weighted by Gasteiger charge is -2.19. The summed E-state index contributed by atoms with van der Waals surface area (Å²) in [6.07, 6.45) is 2.26. The standard InChI is InChI=1S/C23H22F2N4O5S/c1-4-34-22-19(33-2)9-8-16(27-22)18(12-35(3,31)32)29-21-17(28-23(29)30)10-13(11-26-21)20-14(24)6-5-7-15(20)25/h5-11,18H,4,12H2,1-3H3,(H,28,30)/t18-/m1/s1. The first kappa shape index (κ1) is 24.3. The van der Waals surface area contributed by atoms with Gasteiger partial charge in [0.15, 0.2) is 11.4 Å². The molecule has 0 unspecified atom stereocenters. The molecule has 184 valence electrons. The fourth-order valence-electron chi connectivity index (χ4n) is 3.81. The number of rotatable bonds is 8. The number of ether oxygens (including phenoxy) is 2. The summed E-state index contributed by atoms with van der Waals surface area (Å²) >= 11 is 0. The summed E-state index contributed by atoms with van der Waals surface area (Å²) < 4.78 is 65.0. The number of nitrogens with zero attached hydrogens (tertiary/aromatic N) is 3. The van der Waals surface area contributed by atoms with Crippen LogP contribution in [0.2, 0.25) is 0 Å². The number of benzene rings is 1. The molecule has 0 aliphatic carbocycles. The Morgan fingerprint density at radius 3 is 2.51 bits per heavy atom. The Bertz CT molecular complexity index is 1550. The third kappa shape index (κ3) is 4.87. The van der Waals surface area contributed by atoms with Crippen LogP contribution in [0.4, 0.5) is 8.78 Å². The first-order valence-corrected chi connectivity index (χ1v) is 12.6. The molecule has 0 saturated carbocycles. The number of aromatic amines is 1. The first-order valence-electron chi connectivity index (χ1n) is 10.5. The van der Waals surface area contributed by atoms with Gasteiger partial charge in [-0.1, -0.05) is 6.07 Å². The van der Waals surface area contributed by atoms with Gasteiger partial charge in [-0.15, -0.1) is 0 Å². The number of halogens is 2. The van der Waals surface area contributed by atoms with Gasteiger partial charge in [0, 0.05) is 18.0 Å². The zero-order valence-corrected chi connectivity index (χ0v) is 19.9. The summed E-state index contributed by atoms with van der Waals surface area (Å²) in [5.41, 5.74) is -0.341. The van der Waals surface area contributed by atoms with Crippen molar-refractivity contribution in [2.24, 2.45) is 0 Å². The Labute approximate surface area is 199 Å². The fraction of sp³-hybridized carbons (Fsp3) is 0.261. The molecular formula is C23H22F2N4O5S. The number of sulfone groups is 1. The SMILES string of the molecule is CCOc1nc([C@@H](CS(C)(=O)=O)n2c(=O)[nH]c3cc(-c4c(F)cccc4F)cnc32)ccc1OC. The second-order valence-electron chi connectivity index (χ2n) is 7.78. The Morgan fingerprint density at radius 1 is 1.17 bits per heavy atom. The monoisotopic (exact) mass is 504 g/mol. The van der Waals surface area contributed by atoms with Crippen molar-refractivity contribution in [3.05, 3.63) is 70.4 Å². The van der Waals surface area contributed by atoms with Gasteiger partial charge in [-0.2, -0.15) is 0 Å². The molecule has 0 aliphatic heterocycles. The molecule has 12 heteroatoms. The van der Waals surface area contributed by atoms with Gasteiger partial charge < -0.3 is 14.5 Å². The summed E-state index contributed by atoms with van der Waals surface area (Å²) in [6, 6.07) is 6.88. The Hall–Kier alpha value is -3.80. The van der Waals surface area contributed by atoms with Gasteiger partial charge in [-0.05, 0) is 37.3 Å². The molecule has 0 spiro atoms. The second kappa shape index (κ2) is 9.45. The molecule has 0 saturated heterocycles. The van der Waals surface area contributed by atoms with E-state index in [1.54, 1.807) is 13.0 Å². The summed E-state index contributed by atoms with van der Waals surface area (Å²) in [5, 5.41) is 0. The molecule has 3 aromatic heterocycles. The average molecular weight is 505 g/mol. The number of imidazole rings is 1. The molecule has 0 fully saturated rings. The van der Waals surface area contributed by atoms with Crippen molar-refractivity contribution < 1.29 is 26.7 Å². The summed E-state index contributed by atoms with van der Waals surface area (Å²) in [7, 11) is -2.16. The summed E-state index contributed by atoms with van der Waals surface area (Å²) in [6.45, 7) is 2.04. The third-order valence-electron chi connectivity index (χ3n) is 5.27. The molecule has 0 aliphatic rings. The molecule has 35 heavy (non-hydrogen) atoms. The average Bonchev–Trinajstić information content (AvgIpc) is 3.12. The van der Waals surface area contributed by atoms with Gasteiger partial charge in [0.2, 0.25) is 0 Å². The van der Waals surface area contributed by atoms with E-state index in [2.05, 4.69) is 15.0 Å². The van der Waals surface area contributed by atoms with E-state index in [0.717, 1.165) is 23.0 Å². The molecular weight excluding hydrogens is 482 g/mol. The maximum atomic E-state index is 14.3. The normalized spacial score (nSPS) is 12.6. The minimum atomic E-state index is -3.60. The largest absolute Gasteiger partial charge is 0.491 e. The molecule has 4 rings (SSSR count). The fourth-order valence-corrected chi connectivity index (χ4v) is 4.71. The van der Waals surface area contributed by atoms with Crippen molar-refractivity contribution in [1.82, 2.24) is 19.5 Å². The van der Waals surface area contributed by atoms with E-state index in [1.165, 1.54) is 31.5 Å². The molecule has 9 nitrogen and oxygen atoms in total. The van der Waals surface area contributed by atoms with Crippen LogP contribution in [0.1, 0.15) is 18.7 Å². The molecule has 1 atom stereocenters. The highest BCUT2D eigenvalue weighted by Gasteiger charge is 2.27. The molecule has 4 aromatic rings. The van der Waals surface area contributed by atoms with Crippen molar-refractivity contribution in [2.45, 2.75) is 13.0 Å². The topological polar surface area (TPSA) is 116 Å². The lowest BCUT2D eigenvalue weighted by Crippen LogP contribution is -2.29. The van der Waals surface area contributed by atoms with Crippen LogP contribution in [0.3, 0.4) is 0 Å². The number of methoxy groups -OCH3 is 1. The Morgan fingerprint density at radius 2 is 1.89 bits per heavy atom. The maximum Gasteiger partial charge on any atom is 0.328 e. The van der Waals surface area contributed by atoms with E-state index in [0.29, 0.717) is 5.75 Å². The second-order valence-corrected chi connectivity index (χ2v) is 9.96. The number of hydrogen-bond acceptors (Lipinski definition) is 7. The van der Waals surface area contributed by atoms with Crippen molar-refractivity contribution in [3.8, 4) is 22.8 Å². The number of fused-ring (bicyclic) bond motifs is 1. The van der Waals surface area contributed by atoms with Gasteiger partial charge in [-0.3, -0.25) is 4.57 Å². The Kier molecular flexibility index (Phi) is 6.57. The summed E-state index contributed by atoms with van der Waals surface area (Å²) in [5.74, 6) is -1.54. The Balaban J connectivity index is 1.90. The lowest BCUT2D eigenvalue weighted by molar-refractivity contribution is 0.296. The predicted molar refractivity (Wildman–Crippen MR) is 126 cm³/mol.